The number of nitrogens with zero attached hydrogens (tertiary/aromatic N) is 3. The second-order valence-corrected chi connectivity index (χ2v) is 8.95. The number of fused-ring (bicyclic) bond motifs is 1. The fourth-order valence-corrected chi connectivity index (χ4v) is 4.74. The van der Waals surface area contributed by atoms with Crippen molar-refractivity contribution in [3.8, 4) is 0 Å². The van der Waals surface area contributed by atoms with Gasteiger partial charge in [0.25, 0.3) is 5.91 Å². The van der Waals surface area contributed by atoms with E-state index in [-0.39, 0.29) is 11.9 Å². The molecule has 0 radical (unpaired) electrons. The van der Waals surface area contributed by atoms with Crippen molar-refractivity contribution in [3.63, 3.8) is 0 Å². The molecule has 3 rings (SSSR count). The average Bonchev–Trinajstić information content (AvgIpc) is 3.06. The van der Waals surface area contributed by atoms with E-state index in [4.69, 9.17) is 4.99 Å². The van der Waals surface area contributed by atoms with Gasteiger partial charge in [-0.25, -0.2) is 9.79 Å². The van der Waals surface area contributed by atoms with Gasteiger partial charge in [-0.15, -0.1) is 0 Å². The van der Waals surface area contributed by atoms with E-state index in [9.17, 15) is 9.59 Å². The standard InChI is InChI=1S/C22H32N4O2S/c1-4-5-6-7-8-9-10-15-26-18-19(25(3)21(28)24-20(18)27)23-22(26)29-17-13-11-16(2)12-14-17/h11-14,18-19H,4-10,15H2,1-3H3,(H,24,27,28). The van der Waals surface area contributed by atoms with Gasteiger partial charge in [0.2, 0.25) is 0 Å². The Morgan fingerprint density at radius 2 is 1.69 bits per heavy atom. The molecule has 2 aliphatic heterocycles. The van der Waals surface area contributed by atoms with Gasteiger partial charge >= 0.3 is 6.03 Å². The molecule has 2 heterocycles. The van der Waals surface area contributed by atoms with Crippen molar-refractivity contribution in [1.29, 1.82) is 0 Å². The maximum Gasteiger partial charge on any atom is 0.325 e. The van der Waals surface area contributed by atoms with E-state index in [1.165, 1.54) is 42.6 Å². The molecule has 3 amide bonds. The molecule has 7 heteroatoms. The zero-order valence-electron chi connectivity index (χ0n) is 17.7. The monoisotopic (exact) mass is 416 g/mol. The lowest BCUT2D eigenvalue weighted by molar-refractivity contribution is -0.127. The molecular weight excluding hydrogens is 384 g/mol. The van der Waals surface area contributed by atoms with Crippen molar-refractivity contribution >= 4 is 28.9 Å². The number of amides is 3. The molecule has 2 aliphatic rings. The molecule has 29 heavy (non-hydrogen) atoms. The number of thioether (sulfide) groups is 1. The fraction of sp³-hybridized carbons (Fsp3) is 0.591. The molecule has 2 unspecified atom stereocenters. The maximum absolute atomic E-state index is 12.6. The molecule has 1 fully saturated rings. The zero-order chi connectivity index (χ0) is 20.8. The number of likely N-dealkylation sites (N-methyl/N-ethyl adjacent to an activating group) is 1. The third-order valence-corrected chi connectivity index (χ3v) is 6.59. The van der Waals surface area contributed by atoms with Gasteiger partial charge in [0.15, 0.2) is 17.4 Å². The van der Waals surface area contributed by atoms with Crippen LogP contribution in [0.1, 0.15) is 57.4 Å². The lowest BCUT2D eigenvalue weighted by atomic mass is 10.1. The number of nitrogens with one attached hydrogen (secondary N) is 1. The number of hydrogen-bond donors (Lipinski definition) is 1. The highest BCUT2D eigenvalue weighted by atomic mass is 32.2. The van der Waals surface area contributed by atoms with Gasteiger partial charge in [0, 0.05) is 18.5 Å². The zero-order valence-corrected chi connectivity index (χ0v) is 18.5. The number of imide groups is 1. The summed E-state index contributed by atoms with van der Waals surface area (Å²) in [5.74, 6) is -0.246. The second-order valence-electron chi connectivity index (χ2n) is 7.91. The summed E-state index contributed by atoms with van der Waals surface area (Å²) in [5, 5.41) is 3.30. The topological polar surface area (TPSA) is 65.0 Å². The molecule has 0 spiro atoms. The number of aliphatic imine (C=N–C) groups is 1. The van der Waals surface area contributed by atoms with Crippen molar-refractivity contribution in [1.82, 2.24) is 15.1 Å². The Bertz CT molecular complexity index is 750. The Morgan fingerprint density at radius 3 is 2.38 bits per heavy atom. The number of aryl methyl sites for hydroxylation is 1. The van der Waals surface area contributed by atoms with Crippen molar-refractivity contribution in [2.75, 3.05) is 13.6 Å². The van der Waals surface area contributed by atoms with Crippen LogP contribution < -0.4 is 5.32 Å². The fourth-order valence-electron chi connectivity index (χ4n) is 3.77. The summed E-state index contributed by atoms with van der Waals surface area (Å²) in [6.07, 6.45) is 8.09. The van der Waals surface area contributed by atoms with Crippen molar-refractivity contribution in [2.45, 2.75) is 75.9 Å². The molecule has 2 atom stereocenters. The first kappa shape index (κ1) is 21.7. The van der Waals surface area contributed by atoms with Crippen LogP contribution in [0.25, 0.3) is 0 Å². The number of carbonyl (C=O) groups excluding carboxylic acids is 2. The van der Waals surface area contributed by atoms with Gasteiger partial charge in [0.05, 0.1) is 0 Å². The van der Waals surface area contributed by atoms with Crippen LogP contribution in [0, 0.1) is 6.92 Å². The lowest BCUT2D eigenvalue weighted by Crippen LogP contribution is -2.63. The number of carbonyl (C=O) groups is 2. The number of urea groups is 1. The van der Waals surface area contributed by atoms with E-state index in [0.29, 0.717) is 0 Å². The third kappa shape index (κ3) is 5.32. The van der Waals surface area contributed by atoms with Crippen LogP contribution in [-0.2, 0) is 4.79 Å². The number of hydrogen-bond acceptors (Lipinski definition) is 5. The van der Waals surface area contributed by atoms with Gasteiger partial charge in [-0.3, -0.25) is 10.1 Å². The van der Waals surface area contributed by atoms with Crippen LogP contribution in [0.5, 0.6) is 0 Å². The molecule has 1 aromatic carbocycles. The molecular formula is C22H32N4O2S. The van der Waals surface area contributed by atoms with Crippen molar-refractivity contribution in [3.05, 3.63) is 29.8 Å². The molecule has 0 bridgehead atoms. The highest BCUT2D eigenvalue weighted by Crippen LogP contribution is 2.32. The number of rotatable bonds is 9. The Kier molecular flexibility index (Phi) is 7.58. The van der Waals surface area contributed by atoms with Crippen LogP contribution >= 0.6 is 11.8 Å². The first-order valence-electron chi connectivity index (χ1n) is 10.7. The van der Waals surface area contributed by atoms with E-state index in [1.807, 2.05) is 0 Å². The SMILES string of the molecule is CCCCCCCCCN1C(Sc2ccc(C)cc2)=NC2C1C(=O)NC(=O)N2C. The molecule has 6 nitrogen and oxygen atoms in total. The Hall–Kier alpha value is -2.02. The molecule has 1 saturated heterocycles. The predicted octanol–water partition coefficient (Wildman–Crippen LogP) is 4.39. The van der Waals surface area contributed by atoms with E-state index < -0.39 is 12.2 Å². The normalized spacial score (nSPS) is 21.3. The summed E-state index contributed by atoms with van der Waals surface area (Å²) in [6, 6.07) is 7.49. The summed E-state index contributed by atoms with van der Waals surface area (Å²) in [4.78, 5) is 34.2. The molecule has 0 saturated carbocycles. The molecule has 0 aliphatic carbocycles. The second kappa shape index (κ2) is 10.1. The van der Waals surface area contributed by atoms with E-state index in [1.54, 1.807) is 18.8 Å². The third-order valence-electron chi connectivity index (χ3n) is 5.56. The minimum atomic E-state index is -0.450. The number of benzene rings is 1. The molecule has 0 aromatic heterocycles. The summed E-state index contributed by atoms with van der Waals surface area (Å²) < 4.78 is 0. The van der Waals surface area contributed by atoms with Gasteiger partial charge in [-0.05, 0) is 25.5 Å². The Labute approximate surface area is 178 Å². The van der Waals surface area contributed by atoms with Crippen LogP contribution in [0.4, 0.5) is 4.79 Å². The van der Waals surface area contributed by atoms with Gasteiger partial charge < -0.3 is 9.80 Å². The molecule has 1 aromatic rings. The summed E-state index contributed by atoms with van der Waals surface area (Å²) in [6.45, 7) is 5.07. The molecule has 158 valence electrons. The Morgan fingerprint density at radius 1 is 1.03 bits per heavy atom. The molecule has 1 N–H and O–H groups in total. The summed E-state index contributed by atoms with van der Waals surface area (Å²) in [7, 11) is 1.70. The summed E-state index contributed by atoms with van der Waals surface area (Å²) >= 11 is 1.57. The van der Waals surface area contributed by atoms with Crippen molar-refractivity contribution in [2.24, 2.45) is 4.99 Å². The lowest BCUT2D eigenvalue weighted by Gasteiger charge is -2.36. The van der Waals surface area contributed by atoms with Crippen LogP contribution in [0.2, 0.25) is 0 Å². The highest BCUT2D eigenvalue weighted by Gasteiger charge is 2.48. The predicted molar refractivity (Wildman–Crippen MR) is 118 cm³/mol. The quantitative estimate of drug-likeness (QED) is 0.607. The Balaban J connectivity index is 1.67. The maximum atomic E-state index is 12.6. The minimum absolute atomic E-state index is 0.246. The first-order valence-corrected chi connectivity index (χ1v) is 11.5. The largest absolute Gasteiger partial charge is 0.335 e. The van der Waals surface area contributed by atoms with Crippen molar-refractivity contribution < 1.29 is 9.59 Å². The van der Waals surface area contributed by atoms with Crippen LogP contribution in [-0.4, -0.2) is 52.7 Å². The highest BCUT2D eigenvalue weighted by molar-refractivity contribution is 8.13. The number of unbranched alkanes of at least 4 members (excludes halogenated alkanes) is 6. The van der Waals surface area contributed by atoms with Gasteiger partial charge in [-0.1, -0.05) is 74.9 Å². The van der Waals surface area contributed by atoms with Gasteiger partial charge in [0.1, 0.15) is 0 Å². The first-order chi connectivity index (χ1) is 14.0. The average molecular weight is 417 g/mol. The van der Waals surface area contributed by atoms with Gasteiger partial charge in [-0.2, -0.15) is 0 Å². The summed E-state index contributed by atoms with van der Waals surface area (Å²) in [5.41, 5.74) is 1.21. The minimum Gasteiger partial charge on any atom is -0.335 e. The van der Waals surface area contributed by atoms with Crippen LogP contribution in [0.15, 0.2) is 34.2 Å². The van der Waals surface area contributed by atoms with E-state index in [0.717, 1.165) is 29.4 Å². The van der Waals surface area contributed by atoms with Crippen LogP contribution in [0.3, 0.4) is 0 Å². The smallest absolute Gasteiger partial charge is 0.325 e. The van der Waals surface area contributed by atoms with E-state index in [2.05, 4.69) is 48.3 Å². The van der Waals surface area contributed by atoms with E-state index >= 15 is 0 Å². The number of amidine groups is 1.